The fourth-order valence-electron chi connectivity index (χ4n) is 2.36. The highest BCUT2D eigenvalue weighted by Crippen LogP contribution is 2.25. The van der Waals surface area contributed by atoms with Crippen LogP contribution >= 0.6 is 0 Å². The Morgan fingerprint density at radius 3 is 2.75 bits per heavy atom. The molecule has 16 heavy (non-hydrogen) atoms. The number of likely N-dealkylation sites (N-methyl/N-ethyl adjacent to an activating group) is 1. The number of nitrogens with zero attached hydrogens (tertiary/aromatic N) is 1. The molecule has 2 nitrogen and oxygen atoms in total. The third-order valence-electron chi connectivity index (χ3n) is 3.61. The van der Waals surface area contributed by atoms with Crippen molar-refractivity contribution in [2.45, 2.75) is 38.8 Å². The van der Waals surface area contributed by atoms with Gasteiger partial charge in [0.2, 0.25) is 0 Å². The lowest BCUT2D eigenvalue weighted by molar-refractivity contribution is 0.131. The second-order valence-electron chi connectivity index (χ2n) is 5.14. The van der Waals surface area contributed by atoms with Crippen molar-refractivity contribution < 1.29 is 5.11 Å². The zero-order chi connectivity index (χ0) is 11.7. The Hall–Kier alpha value is -0.860. The molecule has 88 valence electrons. The minimum absolute atomic E-state index is 0.252. The molecule has 0 saturated heterocycles. The van der Waals surface area contributed by atoms with Crippen LogP contribution < -0.4 is 0 Å². The predicted molar refractivity (Wildman–Crippen MR) is 66.6 cm³/mol. The second kappa shape index (κ2) is 4.56. The Morgan fingerprint density at radius 1 is 1.38 bits per heavy atom. The topological polar surface area (TPSA) is 23.5 Å². The number of hydrogen-bond acceptors (Lipinski definition) is 2. The highest BCUT2D eigenvalue weighted by Gasteiger charge is 2.22. The molecule has 1 atom stereocenters. The van der Waals surface area contributed by atoms with Gasteiger partial charge in [-0.25, -0.2) is 0 Å². The number of aliphatic hydroxyl groups is 1. The van der Waals surface area contributed by atoms with Crippen LogP contribution in [0.15, 0.2) is 18.2 Å². The molecule has 0 aromatic heterocycles. The molecule has 0 amide bonds. The lowest BCUT2D eigenvalue weighted by Gasteiger charge is -2.33. The smallest absolute Gasteiger partial charge is 0.0590 e. The molecule has 1 unspecified atom stereocenters. The van der Waals surface area contributed by atoms with Crippen molar-refractivity contribution in [3.05, 3.63) is 34.9 Å². The van der Waals surface area contributed by atoms with Crippen molar-refractivity contribution in [1.29, 1.82) is 0 Å². The van der Waals surface area contributed by atoms with Crippen LogP contribution in [0.4, 0.5) is 0 Å². The van der Waals surface area contributed by atoms with Gasteiger partial charge < -0.3 is 5.11 Å². The number of fused-ring (bicyclic) bond motifs is 1. The van der Waals surface area contributed by atoms with Gasteiger partial charge in [-0.3, -0.25) is 4.90 Å². The fraction of sp³-hybridized carbons (Fsp3) is 0.571. The van der Waals surface area contributed by atoms with E-state index in [1.165, 1.54) is 16.7 Å². The number of hydrogen-bond donors (Lipinski definition) is 1. The van der Waals surface area contributed by atoms with Gasteiger partial charge in [-0.05, 0) is 36.1 Å². The van der Waals surface area contributed by atoms with Gasteiger partial charge in [0.1, 0.15) is 0 Å². The van der Waals surface area contributed by atoms with Crippen LogP contribution in [-0.2, 0) is 13.0 Å². The maximum atomic E-state index is 9.32. The molecule has 0 spiro atoms. The maximum Gasteiger partial charge on any atom is 0.0590 e. The molecule has 2 heteroatoms. The molecule has 1 N–H and O–H groups in total. The summed E-state index contributed by atoms with van der Waals surface area (Å²) in [5, 5.41) is 9.32. The summed E-state index contributed by atoms with van der Waals surface area (Å²) in [6.07, 6.45) is 0.975. The predicted octanol–water partition coefficient (Wildman–Crippen LogP) is 2.16. The Balaban J connectivity index is 2.30. The number of benzene rings is 1. The maximum absolute atomic E-state index is 9.32. The summed E-state index contributed by atoms with van der Waals surface area (Å²) in [4.78, 5) is 2.23. The van der Waals surface area contributed by atoms with Gasteiger partial charge in [-0.1, -0.05) is 32.0 Å². The molecular formula is C14H21NO. The normalized spacial score (nSPS) is 21.2. The molecule has 0 bridgehead atoms. The SMILES string of the molecule is CC(C)c1ccc2c(c1)CC(CO)N(C)C2. The molecule has 1 aromatic rings. The van der Waals surface area contributed by atoms with E-state index in [2.05, 4.69) is 44.0 Å². The molecule has 0 aliphatic carbocycles. The van der Waals surface area contributed by atoms with Gasteiger partial charge >= 0.3 is 0 Å². The number of aliphatic hydroxyl groups excluding tert-OH is 1. The van der Waals surface area contributed by atoms with E-state index in [-0.39, 0.29) is 12.6 Å². The lowest BCUT2D eigenvalue weighted by atomic mass is 9.90. The van der Waals surface area contributed by atoms with E-state index in [1.807, 2.05) is 0 Å². The van der Waals surface area contributed by atoms with Crippen molar-refractivity contribution >= 4 is 0 Å². The summed E-state index contributed by atoms with van der Waals surface area (Å²) in [7, 11) is 2.08. The lowest BCUT2D eigenvalue weighted by Crippen LogP contribution is -2.39. The first-order chi connectivity index (χ1) is 7.61. The zero-order valence-electron chi connectivity index (χ0n) is 10.4. The Kier molecular flexibility index (Phi) is 3.31. The van der Waals surface area contributed by atoms with Crippen LogP contribution in [0.1, 0.15) is 36.5 Å². The summed E-state index contributed by atoms with van der Waals surface area (Å²) >= 11 is 0. The van der Waals surface area contributed by atoms with Gasteiger partial charge in [0, 0.05) is 12.6 Å². The quantitative estimate of drug-likeness (QED) is 0.824. The molecule has 0 fully saturated rings. The molecule has 0 saturated carbocycles. The summed E-state index contributed by atoms with van der Waals surface area (Å²) in [5.74, 6) is 0.581. The molecule has 1 aromatic carbocycles. The minimum Gasteiger partial charge on any atom is -0.395 e. The highest BCUT2D eigenvalue weighted by atomic mass is 16.3. The summed E-state index contributed by atoms with van der Waals surface area (Å²) in [6.45, 7) is 5.65. The third kappa shape index (κ3) is 2.13. The average molecular weight is 219 g/mol. The summed E-state index contributed by atoms with van der Waals surface area (Å²) in [6, 6.07) is 7.08. The number of rotatable bonds is 2. The van der Waals surface area contributed by atoms with E-state index in [4.69, 9.17) is 0 Å². The van der Waals surface area contributed by atoms with Crippen LogP contribution in [0.3, 0.4) is 0 Å². The van der Waals surface area contributed by atoms with Crippen molar-refractivity contribution in [3.8, 4) is 0 Å². The van der Waals surface area contributed by atoms with Crippen LogP contribution in [0.2, 0.25) is 0 Å². The molecule has 1 aliphatic rings. The molecule has 0 radical (unpaired) electrons. The van der Waals surface area contributed by atoms with E-state index in [9.17, 15) is 5.11 Å². The van der Waals surface area contributed by atoms with Crippen molar-refractivity contribution in [2.24, 2.45) is 0 Å². The monoisotopic (exact) mass is 219 g/mol. The summed E-state index contributed by atoms with van der Waals surface area (Å²) in [5.41, 5.74) is 4.24. The van der Waals surface area contributed by atoms with Gasteiger partial charge in [0.15, 0.2) is 0 Å². The van der Waals surface area contributed by atoms with Crippen LogP contribution in [0, 0.1) is 0 Å². The Bertz CT molecular complexity index is 373. The van der Waals surface area contributed by atoms with Crippen molar-refractivity contribution in [1.82, 2.24) is 4.90 Å². The first-order valence-electron chi connectivity index (χ1n) is 6.04. The van der Waals surface area contributed by atoms with Gasteiger partial charge in [0.05, 0.1) is 6.61 Å². The molecular weight excluding hydrogens is 198 g/mol. The van der Waals surface area contributed by atoms with Crippen molar-refractivity contribution in [2.75, 3.05) is 13.7 Å². The van der Waals surface area contributed by atoms with Crippen LogP contribution in [0.5, 0.6) is 0 Å². The summed E-state index contributed by atoms with van der Waals surface area (Å²) < 4.78 is 0. The Labute approximate surface area is 97.9 Å². The van der Waals surface area contributed by atoms with Crippen LogP contribution in [-0.4, -0.2) is 29.7 Å². The molecule has 1 heterocycles. The van der Waals surface area contributed by atoms with Gasteiger partial charge in [-0.15, -0.1) is 0 Å². The first-order valence-corrected chi connectivity index (χ1v) is 6.04. The third-order valence-corrected chi connectivity index (χ3v) is 3.61. The molecule has 2 rings (SSSR count). The van der Waals surface area contributed by atoms with E-state index in [0.29, 0.717) is 5.92 Å². The van der Waals surface area contributed by atoms with Gasteiger partial charge in [0.25, 0.3) is 0 Å². The van der Waals surface area contributed by atoms with E-state index in [0.717, 1.165) is 13.0 Å². The second-order valence-corrected chi connectivity index (χ2v) is 5.14. The fourth-order valence-corrected chi connectivity index (χ4v) is 2.36. The van der Waals surface area contributed by atoms with Gasteiger partial charge in [-0.2, -0.15) is 0 Å². The first kappa shape index (κ1) is 11.6. The largest absolute Gasteiger partial charge is 0.395 e. The van der Waals surface area contributed by atoms with E-state index in [1.54, 1.807) is 0 Å². The standard InChI is InChI=1S/C14H21NO/c1-10(2)11-4-5-12-8-15(3)14(9-16)7-13(12)6-11/h4-6,10,14,16H,7-9H2,1-3H3. The average Bonchev–Trinajstić information content (AvgIpc) is 2.27. The van der Waals surface area contributed by atoms with Crippen LogP contribution in [0.25, 0.3) is 0 Å². The highest BCUT2D eigenvalue weighted by molar-refractivity contribution is 5.35. The van der Waals surface area contributed by atoms with E-state index < -0.39 is 0 Å². The Morgan fingerprint density at radius 2 is 2.12 bits per heavy atom. The minimum atomic E-state index is 0.252. The zero-order valence-corrected chi connectivity index (χ0v) is 10.4. The molecule has 1 aliphatic heterocycles. The van der Waals surface area contributed by atoms with E-state index >= 15 is 0 Å². The van der Waals surface area contributed by atoms with Crippen molar-refractivity contribution in [3.63, 3.8) is 0 Å².